The molecular weight excluding hydrogens is 479 g/mol. The number of rotatable bonds is 6. The van der Waals surface area contributed by atoms with Gasteiger partial charge in [0.15, 0.2) is 0 Å². The average molecular weight is 511 g/mol. The first-order valence-electron chi connectivity index (χ1n) is 13.1. The molecule has 2 bridgehead atoms. The molecule has 0 unspecified atom stereocenters. The first kappa shape index (κ1) is 25.7. The molecule has 194 valence electrons. The molecule has 3 aromatic carbocycles. The fourth-order valence-electron chi connectivity index (χ4n) is 6.07. The molecule has 2 aliphatic heterocycles. The minimum absolute atomic E-state index is 0.0265. The van der Waals surface area contributed by atoms with E-state index in [0.29, 0.717) is 13.0 Å². The van der Waals surface area contributed by atoms with Crippen molar-refractivity contribution in [3.8, 4) is 11.8 Å². The van der Waals surface area contributed by atoms with Gasteiger partial charge in [-0.05, 0) is 55.2 Å². The number of hydrogen-bond donors (Lipinski definition) is 1. The number of carbonyl (C=O) groups is 2. The largest absolute Gasteiger partial charge is 0.480 e. The van der Waals surface area contributed by atoms with Crippen molar-refractivity contribution < 1.29 is 19.1 Å². The fraction of sp³-hybridized carbons (Fsp3) is 0.312. The normalized spacial score (nSPS) is 21.6. The van der Waals surface area contributed by atoms with Crippen LogP contribution in [-0.4, -0.2) is 57.5 Å². The van der Waals surface area contributed by atoms with Gasteiger partial charge in [0.25, 0.3) is 0 Å². The number of benzene rings is 3. The number of piperazine rings is 1. The number of hydrogen-bond acceptors (Lipinski definition) is 3. The van der Waals surface area contributed by atoms with Crippen molar-refractivity contribution in [3.63, 3.8) is 0 Å². The van der Waals surface area contributed by atoms with Gasteiger partial charge >= 0.3 is 5.97 Å². The molecule has 0 aromatic heterocycles. The van der Waals surface area contributed by atoms with Gasteiger partial charge in [-0.1, -0.05) is 72.5 Å². The summed E-state index contributed by atoms with van der Waals surface area (Å²) in [5.41, 5.74) is 2.45. The van der Waals surface area contributed by atoms with E-state index in [9.17, 15) is 19.1 Å². The van der Waals surface area contributed by atoms with E-state index in [1.165, 1.54) is 12.1 Å². The molecule has 1 amide bonds. The predicted molar refractivity (Wildman–Crippen MR) is 144 cm³/mol. The summed E-state index contributed by atoms with van der Waals surface area (Å²) in [5.74, 6) is 4.26. The number of amides is 1. The highest BCUT2D eigenvalue weighted by molar-refractivity contribution is 5.91. The van der Waals surface area contributed by atoms with Crippen LogP contribution in [0.25, 0.3) is 0 Å². The molecule has 1 N–H and O–H groups in total. The number of carboxylic acids is 1. The van der Waals surface area contributed by atoms with Gasteiger partial charge in [-0.2, -0.15) is 0 Å². The Morgan fingerprint density at radius 3 is 2.13 bits per heavy atom. The van der Waals surface area contributed by atoms with Gasteiger partial charge in [0.1, 0.15) is 11.9 Å². The van der Waals surface area contributed by atoms with E-state index in [4.69, 9.17) is 0 Å². The molecule has 38 heavy (non-hydrogen) atoms. The van der Waals surface area contributed by atoms with Gasteiger partial charge in [-0.3, -0.25) is 9.69 Å². The van der Waals surface area contributed by atoms with Crippen LogP contribution < -0.4 is 0 Å². The molecule has 2 aliphatic rings. The van der Waals surface area contributed by atoms with Gasteiger partial charge in [-0.15, -0.1) is 0 Å². The molecule has 0 aliphatic carbocycles. The van der Waals surface area contributed by atoms with Gasteiger partial charge < -0.3 is 10.0 Å². The van der Waals surface area contributed by atoms with Crippen molar-refractivity contribution in [2.24, 2.45) is 0 Å². The maximum absolute atomic E-state index is 14.2. The van der Waals surface area contributed by atoms with Crippen LogP contribution in [0.5, 0.6) is 0 Å². The lowest BCUT2D eigenvalue weighted by atomic mass is 9.88. The number of carbonyl (C=O) groups excluding carboxylic acids is 1. The van der Waals surface area contributed by atoms with Crippen molar-refractivity contribution in [1.82, 2.24) is 9.80 Å². The highest BCUT2D eigenvalue weighted by Crippen LogP contribution is 2.39. The number of carboxylic acid groups (broad SMARTS) is 1. The highest BCUT2D eigenvalue weighted by atomic mass is 19.1. The number of nitrogens with zero attached hydrogens (tertiary/aromatic N) is 2. The molecule has 4 atom stereocenters. The maximum atomic E-state index is 14.2. The van der Waals surface area contributed by atoms with Gasteiger partial charge in [0, 0.05) is 36.7 Å². The quantitative estimate of drug-likeness (QED) is 0.479. The first-order chi connectivity index (χ1) is 18.4. The third-order valence-corrected chi connectivity index (χ3v) is 7.74. The summed E-state index contributed by atoms with van der Waals surface area (Å²) < 4.78 is 13.2. The molecule has 2 saturated heterocycles. The number of fused-ring (bicyclic) bond motifs is 2. The third-order valence-electron chi connectivity index (χ3n) is 7.74. The van der Waals surface area contributed by atoms with Crippen LogP contribution in [0.4, 0.5) is 4.39 Å². The van der Waals surface area contributed by atoms with Crippen molar-refractivity contribution in [2.45, 2.75) is 56.3 Å². The number of halogens is 1. The van der Waals surface area contributed by atoms with Crippen LogP contribution in [-0.2, 0) is 9.59 Å². The molecule has 2 fully saturated rings. The standard InChI is InChI=1S/C32H31FN2O3/c1-22(9-8-10-23-15-17-26(33)18-16-23)35-27-19-20-28(35)30(32(37)38)34(21-27)31(36)29(24-11-4-2-5-12-24)25-13-6-3-7-14-25/h2-7,11-18,22,27-30H,9,19-21H2,1H3,(H,37,38)/t22-,27+,28-,30+/m1/s1. The summed E-state index contributed by atoms with van der Waals surface area (Å²) in [6.45, 7) is 2.44. The topological polar surface area (TPSA) is 60.9 Å². The lowest BCUT2D eigenvalue weighted by Gasteiger charge is -2.48. The molecule has 3 aromatic rings. The lowest BCUT2D eigenvalue weighted by molar-refractivity contribution is -0.158. The molecule has 5 rings (SSSR count). The summed E-state index contributed by atoms with van der Waals surface area (Å²) in [6.07, 6.45) is 2.12. The Morgan fingerprint density at radius 2 is 1.55 bits per heavy atom. The van der Waals surface area contributed by atoms with Gasteiger partial charge in [0.05, 0.1) is 5.92 Å². The summed E-state index contributed by atoms with van der Waals surface area (Å²) >= 11 is 0. The number of likely N-dealkylation sites (tertiary alicyclic amines) is 1. The maximum Gasteiger partial charge on any atom is 0.328 e. The SMILES string of the molecule is C[C@H](CC#Cc1ccc(F)cc1)N1[C@H]2CC[C@@H]1[C@@H](C(=O)O)N(C(=O)C(c1ccccc1)c1ccccc1)C2. The van der Waals surface area contributed by atoms with Crippen molar-refractivity contribution in [1.29, 1.82) is 0 Å². The van der Waals surface area contributed by atoms with E-state index in [1.54, 1.807) is 17.0 Å². The molecule has 5 nitrogen and oxygen atoms in total. The van der Waals surface area contributed by atoms with E-state index < -0.39 is 17.9 Å². The van der Waals surface area contributed by atoms with Gasteiger partial charge in [-0.25, -0.2) is 9.18 Å². The lowest BCUT2D eigenvalue weighted by Crippen LogP contribution is -2.65. The first-order valence-corrected chi connectivity index (χ1v) is 13.1. The summed E-state index contributed by atoms with van der Waals surface area (Å²) in [7, 11) is 0. The van der Waals surface area contributed by atoms with E-state index in [2.05, 4.69) is 23.7 Å². The van der Waals surface area contributed by atoms with Crippen molar-refractivity contribution >= 4 is 11.9 Å². The van der Waals surface area contributed by atoms with Crippen molar-refractivity contribution in [2.75, 3.05) is 6.54 Å². The van der Waals surface area contributed by atoms with Crippen LogP contribution in [0, 0.1) is 17.7 Å². The molecule has 0 spiro atoms. The zero-order valence-electron chi connectivity index (χ0n) is 21.3. The second-order valence-corrected chi connectivity index (χ2v) is 10.1. The van der Waals surface area contributed by atoms with Crippen molar-refractivity contribution in [3.05, 3.63) is 107 Å². The third kappa shape index (κ3) is 5.20. The molecule has 0 saturated carbocycles. The highest BCUT2D eigenvalue weighted by Gasteiger charge is 2.52. The van der Waals surface area contributed by atoms with E-state index >= 15 is 0 Å². The smallest absolute Gasteiger partial charge is 0.328 e. The Kier molecular flexibility index (Phi) is 7.57. The second kappa shape index (κ2) is 11.2. The summed E-state index contributed by atoms with van der Waals surface area (Å²) in [4.78, 5) is 30.7. The molecule has 6 heteroatoms. The average Bonchev–Trinajstić information content (AvgIpc) is 3.23. The Bertz CT molecular complexity index is 1290. The molecule has 2 heterocycles. The summed E-state index contributed by atoms with van der Waals surface area (Å²) in [6, 6.07) is 24.1. The Balaban J connectivity index is 1.39. The monoisotopic (exact) mass is 510 g/mol. The van der Waals surface area contributed by atoms with Crippen LogP contribution in [0.15, 0.2) is 84.9 Å². The summed E-state index contributed by atoms with van der Waals surface area (Å²) in [5, 5.41) is 10.4. The minimum atomic E-state index is -0.974. The van der Waals surface area contributed by atoms with E-state index in [1.807, 2.05) is 60.7 Å². The van der Waals surface area contributed by atoms with Crippen LogP contribution in [0.2, 0.25) is 0 Å². The molecular formula is C32H31FN2O3. The minimum Gasteiger partial charge on any atom is -0.480 e. The fourth-order valence-corrected chi connectivity index (χ4v) is 6.07. The Labute approximate surface area is 222 Å². The zero-order valence-corrected chi connectivity index (χ0v) is 21.3. The molecule has 0 radical (unpaired) electrons. The second-order valence-electron chi connectivity index (χ2n) is 10.1. The number of aliphatic carboxylic acids is 1. The zero-order chi connectivity index (χ0) is 26.6. The van der Waals surface area contributed by atoms with Crippen LogP contribution in [0.3, 0.4) is 0 Å². The van der Waals surface area contributed by atoms with E-state index in [0.717, 1.165) is 29.5 Å². The van der Waals surface area contributed by atoms with Crippen LogP contribution in [0.1, 0.15) is 48.8 Å². The Hall–Kier alpha value is -3.95. The van der Waals surface area contributed by atoms with E-state index in [-0.39, 0.29) is 29.8 Å². The van der Waals surface area contributed by atoms with Crippen LogP contribution >= 0.6 is 0 Å². The predicted octanol–water partition coefficient (Wildman–Crippen LogP) is 4.92. The van der Waals surface area contributed by atoms with Gasteiger partial charge in [0.2, 0.25) is 5.91 Å². The Morgan fingerprint density at radius 1 is 0.947 bits per heavy atom.